The normalized spacial score (nSPS) is 21.9. The van der Waals surface area contributed by atoms with E-state index in [0.29, 0.717) is 23.2 Å². The summed E-state index contributed by atoms with van der Waals surface area (Å²) in [6.45, 7) is 6.33. The Morgan fingerprint density at radius 2 is 2.00 bits per heavy atom. The number of para-hydroxylation sites is 1. The number of carbonyl (C=O) groups excluding carboxylic acids is 1. The van der Waals surface area contributed by atoms with E-state index in [2.05, 4.69) is 24.4 Å². The van der Waals surface area contributed by atoms with Crippen LogP contribution in [0.15, 0.2) is 29.4 Å². The van der Waals surface area contributed by atoms with E-state index in [1.807, 2.05) is 23.1 Å². The third-order valence-electron chi connectivity index (χ3n) is 4.05. The van der Waals surface area contributed by atoms with E-state index in [9.17, 15) is 4.79 Å². The smallest absolute Gasteiger partial charge is 0.376 e. The second kappa shape index (κ2) is 8.20. The van der Waals surface area contributed by atoms with Crippen molar-refractivity contribution in [3.8, 4) is 0 Å². The minimum Gasteiger partial charge on any atom is -0.460 e. The van der Waals surface area contributed by atoms with Crippen molar-refractivity contribution in [3.63, 3.8) is 0 Å². The minimum absolute atomic E-state index is 0.245. The van der Waals surface area contributed by atoms with E-state index >= 15 is 0 Å². The Morgan fingerprint density at radius 1 is 1.35 bits per heavy atom. The Labute approximate surface area is 142 Å². The number of nitrogens with one attached hydrogen (secondary N) is 1. The number of nitrogens with zero attached hydrogens (tertiary/aromatic N) is 2. The summed E-state index contributed by atoms with van der Waals surface area (Å²) in [4.78, 5) is 14.4. The lowest BCUT2D eigenvalue weighted by molar-refractivity contribution is -0.136. The molecule has 1 aromatic carbocycles. The largest absolute Gasteiger partial charge is 0.460 e. The number of hydrazone groups is 1. The predicted octanol–water partition coefficient (Wildman–Crippen LogP) is 3.89. The average molecular weight is 338 g/mol. The molecule has 6 heteroatoms. The van der Waals surface area contributed by atoms with Crippen LogP contribution in [0.5, 0.6) is 0 Å². The number of likely N-dealkylation sites (tertiary alicyclic amines) is 1. The van der Waals surface area contributed by atoms with Crippen molar-refractivity contribution in [2.45, 2.75) is 52.1 Å². The molecular weight excluding hydrogens is 314 g/mol. The highest BCUT2D eigenvalue weighted by Crippen LogP contribution is 2.24. The van der Waals surface area contributed by atoms with E-state index in [0.717, 1.165) is 19.3 Å². The molecule has 2 rings (SSSR count). The second-order valence-electron chi connectivity index (χ2n) is 5.78. The van der Waals surface area contributed by atoms with E-state index < -0.39 is 5.97 Å². The van der Waals surface area contributed by atoms with Crippen LogP contribution < -0.4 is 5.43 Å². The van der Waals surface area contributed by atoms with Gasteiger partial charge in [0.25, 0.3) is 0 Å². The molecule has 1 aliphatic heterocycles. The molecule has 0 saturated carbocycles. The van der Waals surface area contributed by atoms with Crippen molar-refractivity contribution in [2.24, 2.45) is 5.10 Å². The van der Waals surface area contributed by atoms with E-state index in [4.69, 9.17) is 16.3 Å². The predicted molar refractivity (Wildman–Crippen MR) is 93.8 cm³/mol. The van der Waals surface area contributed by atoms with Gasteiger partial charge in [0.05, 0.1) is 17.3 Å². The summed E-state index contributed by atoms with van der Waals surface area (Å²) in [6, 6.07) is 7.79. The molecule has 23 heavy (non-hydrogen) atoms. The lowest BCUT2D eigenvalue weighted by atomic mass is 9.97. The summed E-state index contributed by atoms with van der Waals surface area (Å²) in [5.74, 6) is -0.0980. The van der Waals surface area contributed by atoms with Crippen LogP contribution in [0.25, 0.3) is 0 Å². The van der Waals surface area contributed by atoms with Crippen molar-refractivity contribution in [2.75, 3.05) is 12.0 Å². The SMILES string of the molecule is CCOC(=O)/C(=N\Nc1ccccc1Cl)N1[C@H](C)CCC[C@H]1C. The van der Waals surface area contributed by atoms with Crippen LogP contribution in [-0.2, 0) is 9.53 Å². The molecule has 1 aliphatic rings. The maximum absolute atomic E-state index is 12.4. The quantitative estimate of drug-likeness (QED) is 0.393. The highest BCUT2D eigenvalue weighted by Gasteiger charge is 2.32. The number of amidine groups is 1. The van der Waals surface area contributed by atoms with Crippen LogP contribution in [0.4, 0.5) is 5.69 Å². The van der Waals surface area contributed by atoms with Crippen molar-refractivity contribution in [1.29, 1.82) is 0 Å². The van der Waals surface area contributed by atoms with Gasteiger partial charge in [-0.2, -0.15) is 0 Å². The van der Waals surface area contributed by atoms with Crippen LogP contribution in [-0.4, -0.2) is 35.4 Å². The first-order chi connectivity index (χ1) is 11.0. The van der Waals surface area contributed by atoms with E-state index in [-0.39, 0.29) is 12.1 Å². The maximum Gasteiger partial charge on any atom is 0.376 e. The van der Waals surface area contributed by atoms with Crippen LogP contribution in [0.2, 0.25) is 5.02 Å². The number of piperidine rings is 1. The van der Waals surface area contributed by atoms with Gasteiger partial charge < -0.3 is 9.64 Å². The average Bonchev–Trinajstić information content (AvgIpc) is 2.51. The Hall–Kier alpha value is -1.75. The van der Waals surface area contributed by atoms with Gasteiger partial charge in [-0.25, -0.2) is 4.79 Å². The number of hydrogen-bond acceptors (Lipinski definition) is 4. The number of rotatable bonds is 3. The van der Waals surface area contributed by atoms with Crippen LogP contribution in [0, 0.1) is 0 Å². The number of anilines is 1. The molecule has 1 fully saturated rings. The molecule has 0 bridgehead atoms. The summed E-state index contributed by atoms with van der Waals surface area (Å²) in [5.41, 5.74) is 3.56. The maximum atomic E-state index is 12.4. The van der Waals surface area contributed by atoms with Gasteiger partial charge in [0, 0.05) is 12.1 Å². The first kappa shape index (κ1) is 17.6. The third kappa shape index (κ3) is 4.38. The Bertz CT molecular complexity index is 567. The zero-order valence-electron chi connectivity index (χ0n) is 13.9. The summed E-state index contributed by atoms with van der Waals surface area (Å²) < 4.78 is 5.19. The Kier molecular flexibility index (Phi) is 6.28. The molecule has 5 nitrogen and oxygen atoms in total. The number of hydrogen-bond donors (Lipinski definition) is 1. The van der Waals surface area contributed by atoms with Gasteiger partial charge in [-0.15, -0.1) is 5.10 Å². The molecule has 1 heterocycles. The highest BCUT2D eigenvalue weighted by atomic mass is 35.5. The van der Waals surface area contributed by atoms with E-state index in [1.54, 1.807) is 13.0 Å². The highest BCUT2D eigenvalue weighted by molar-refractivity contribution is 6.36. The zero-order chi connectivity index (χ0) is 16.8. The van der Waals surface area contributed by atoms with Gasteiger partial charge in [-0.1, -0.05) is 23.7 Å². The van der Waals surface area contributed by atoms with Crippen LogP contribution >= 0.6 is 11.6 Å². The van der Waals surface area contributed by atoms with Gasteiger partial charge in [-0.05, 0) is 52.2 Å². The van der Waals surface area contributed by atoms with Crippen molar-refractivity contribution in [1.82, 2.24) is 4.90 Å². The lowest BCUT2D eigenvalue weighted by Gasteiger charge is -2.40. The second-order valence-corrected chi connectivity index (χ2v) is 6.19. The van der Waals surface area contributed by atoms with Gasteiger partial charge in [-0.3, -0.25) is 5.43 Å². The van der Waals surface area contributed by atoms with Crippen molar-refractivity contribution < 1.29 is 9.53 Å². The molecule has 126 valence electrons. The summed E-state index contributed by atoms with van der Waals surface area (Å²) in [5, 5.41) is 4.89. The van der Waals surface area contributed by atoms with E-state index in [1.165, 1.54) is 0 Å². The number of benzene rings is 1. The topological polar surface area (TPSA) is 53.9 Å². The molecule has 1 N–H and O–H groups in total. The molecule has 1 aromatic rings. The first-order valence-electron chi connectivity index (χ1n) is 8.08. The number of carbonyl (C=O) groups is 1. The Balaban J connectivity index is 2.28. The van der Waals surface area contributed by atoms with Crippen LogP contribution in [0.3, 0.4) is 0 Å². The summed E-state index contributed by atoms with van der Waals surface area (Å²) in [6.07, 6.45) is 3.23. The first-order valence-corrected chi connectivity index (χ1v) is 8.46. The fourth-order valence-corrected chi connectivity index (χ4v) is 3.09. The standard InChI is InChI=1S/C17H24ClN3O2/c1-4-23-17(22)16(21-12(2)8-7-9-13(21)3)20-19-15-11-6-5-10-14(15)18/h5-6,10-13,19H,4,7-9H2,1-3H3/b20-16+/t12-,13-/m1/s1. The zero-order valence-corrected chi connectivity index (χ0v) is 14.6. The molecule has 0 radical (unpaired) electrons. The molecule has 0 aromatic heterocycles. The fraction of sp³-hybridized carbons (Fsp3) is 0.529. The summed E-state index contributed by atoms with van der Waals surface area (Å²) >= 11 is 6.13. The van der Waals surface area contributed by atoms with Crippen molar-refractivity contribution >= 4 is 29.1 Å². The Morgan fingerprint density at radius 3 is 2.61 bits per heavy atom. The molecule has 0 spiro atoms. The van der Waals surface area contributed by atoms with Gasteiger partial charge in [0.2, 0.25) is 5.84 Å². The van der Waals surface area contributed by atoms with Gasteiger partial charge in [0.1, 0.15) is 0 Å². The fourth-order valence-electron chi connectivity index (χ4n) is 2.91. The van der Waals surface area contributed by atoms with Crippen LogP contribution in [0.1, 0.15) is 40.0 Å². The monoisotopic (exact) mass is 337 g/mol. The van der Waals surface area contributed by atoms with Gasteiger partial charge in [0.15, 0.2) is 0 Å². The third-order valence-corrected chi connectivity index (χ3v) is 4.38. The molecule has 0 aliphatic carbocycles. The molecule has 1 saturated heterocycles. The van der Waals surface area contributed by atoms with Crippen molar-refractivity contribution in [3.05, 3.63) is 29.3 Å². The molecule has 2 atom stereocenters. The number of ether oxygens (including phenoxy) is 1. The molecule has 0 amide bonds. The molecule has 0 unspecified atom stereocenters. The molecular formula is C17H24ClN3O2. The minimum atomic E-state index is -0.410. The van der Waals surface area contributed by atoms with Gasteiger partial charge >= 0.3 is 5.97 Å². The number of halogens is 1. The summed E-state index contributed by atoms with van der Waals surface area (Å²) in [7, 11) is 0. The lowest BCUT2D eigenvalue weighted by Crippen LogP contribution is -2.51. The number of esters is 1.